The Kier molecular flexibility index (Phi) is 7.03. The molecule has 1 heterocycles. The van der Waals surface area contributed by atoms with Crippen LogP contribution >= 0.6 is 11.6 Å². The molecule has 0 bridgehead atoms. The third kappa shape index (κ3) is 4.96. The van der Waals surface area contributed by atoms with Crippen LogP contribution in [0.1, 0.15) is 17.0 Å². The van der Waals surface area contributed by atoms with Crippen LogP contribution in [0.3, 0.4) is 0 Å². The number of rotatable bonds is 7. The van der Waals surface area contributed by atoms with Crippen molar-refractivity contribution < 1.29 is 24.2 Å². The maximum absolute atomic E-state index is 12.7. The van der Waals surface area contributed by atoms with Crippen molar-refractivity contribution in [1.29, 1.82) is 0 Å². The van der Waals surface area contributed by atoms with Crippen LogP contribution in [-0.4, -0.2) is 37.0 Å². The fourth-order valence-corrected chi connectivity index (χ4v) is 3.45. The van der Waals surface area contributed by atoms with Crippen LogP contribution in [0, 0.1) is 5.92 Å². The second-order valence-electron chi connectivity index (χ2n) is 6.53. The van der Waals surface area contributed by atoms with Gasteiger partial charge >= 0.3 is 11.9 Å². The van der Waals surface area contributed by atoms with E-state index in [1.165, 1.54) is 19.5 Å². The van der Waals surface area contributed by atoms with Gasteiger partial charge in [0, 0.05) is 18.3 Å². The lowest BCUT2D eigenvalue weighted by molar-refractivity contribution is -0.140. The highest BCUT2D eigenvalue weighted by atomic mass is 35.5. The summed E-state index contributed by atoms with van der Waals surface area (Å²) < 4.78 is 10.5. The van der Waals surface area contributed by atoms with Gasteiger partial charge in [-0.05, 0) is 29.3 Å². The zero-order valence-electron chi connectivity index (χ0n) is 16.2. The van der Waals surface area contributed by atoms with Gasteiger partial charge in [0.05, 0.1) is 17.7 Å². The molecule has 0 radical (unpaired) electrons. The Balaban J connectivity index is 1.80. The Morgan fingerprint density at radius 2 is 1.97 bits per heavy atom. The average Bonchev–Trinajstić information content (AvgIpc) is 2.76. The first kappa shape index (κ1) is 21.3. The minimum absolute atomic E-state index is 0.0443. The van der Waals surface area contributed by atoms with Crippen LogP contribution in [0.2, 0.25) is 5.02 Å². The van der Waals surface area contributed by atoms with Crippen LogP contribution in [0.25, 0.3) is 6.08 Å². The molecule has 0 saturated heterocycles. The highest BCUT2D eigenvalue weighted by Gasteiger charge is 2.37. The number of halogens is 1. The Bertz CT molecular complexity index is 1010. The first-order valence-corrected chi connectivity index (χ1v) is 9.57. The summed E-state index contributed by atoms with van der Waals surface area (Å²) in [6.07, 6.45) is 6.19. The lowest BCUT2D eigenvalue weighted by atomic mass is 9.80. The van der Waals surface area contributed by atoms with Crippen LogP contribution in [0.4, 0.5) is 0 Å². The fourth-order valence-electron chi connectivity index (χ4n) is 3.18. The van der Waals surface area contributed by atoms with Gasteiger partial charge in [0.15, 0.2) is 0 Å². The Morgan fingerprint density at radius 1 is 1.20 bits per heavy atom. The highest BCUT2D eigenvalue weighted by Crippen LogP contribution is 2.38. The van der Waals surface area contributed by atoms with Gasteiger partial charge in [-0.15, -0.1) is 0 Å². The number of hydrogen-bond donors (Lipinski definition) is 1. The minimum Gasteiger partial charge on any atom is -0.495 e. The maximum Gasteiger partial charge on any atom is 0.336 e. The number of carbonyl (C=O) groups excluding carboxylic acids is 1. The van der Waals surface area contributed by atoms with Gasteiger partial charge in [0.25, 0.3) is 0 Å². The van der Waals surface area contributed by atoms with E-state index in [1.54, 1.807) is 24.3 Å². The van der Waals surface area contributed by atoms with Crippen molar-refractivity contribution in [2.24, 2.45) is 10.9 Å². The van der Waals surface area contributed by atoms with Crippen molar-refractivity contribution >= 4 is 35.8 Å². The van der Waals surface area contributed by atoms with E-state index < -0.39 is 23.8 Å². The van der Waals surface area contributed by atoms with Crippen LogP contribution in [0.5, 0.6) is 5.75 Å². The largest absolute Gasteiger partial charge is 0.495 e. The Morgan fingerprint density at radius 3 is 2.63 bits per heavy atom. The number of carboxylic acids is 1. The lowest BCUT2D eigenvalue weighted by Gasteiger charge is -2.26. The van der Waals surface area contributed by atoms with E-state index in [0.717, 1.165) is 5.56 Å². The summed E-state index contributed by atoms with van der Waals surface area (Å²) in [6.45, 7) is 0.0443. The topological polar surface area (TPSA) is 85.2 Å². The van der Waals surface area contributed by atoms with E-state index in [9.17, 15) is 14.7 Å². The molecule has 2 aromatic carbocycles. The summed E-state index contributed by atoms with van der Waals surface area (Å²) in [5.74, 6) is -3.09. The number of esters is 1. The molecule has 6 nitrogen and oxygen atoms in total. The first-order chi connectivity index (χ1) is 14.5. The Labute approximate surface area is 179 Å². The predicted molar refractivity (Wildman–Crippen MR) is 115 cm³/mol. The molecule has 1 aliphatic heterocycles. The predicted octanol–water partition coefficient (Wildman–Crippen LogP) is 4.36. The second-order valence-corrected chi connectivity index (χ2v) is 6.94. The number of benzene rings is 2. The third-order valence-corrected chi connectivity index (χ3v) is 4.93. The van der Waals surface area contributed by atoms with Crippen LogP contribution < -0.4 is 4.74 Å². The summed E-state index contributed by atoms with van der Waals surface area (Å²) in [4.78, 5) is 28.5. The molecule has 1 N–H and O–H groups in total. The zero-order chi connectivity index (χ0) is 21.5. The molecule has 3 rings (SSSR count). The molecule has 0 aliphatic carbocycles. The summed E-state index contributed by atoms with van der Waals surface area (Å²) in [7, 11) is 1.49. The van der Waals surface area contributed by atoms with Crippen molar-refractivity contribution in [3.63, 3.8) is 0 Å². The number of hydrogen-bond acceptors (Lipinski definition) is 5. The molecule has 2 atom stereocenters. The van der Waals surface area contributed by atoms with Gasteiger partial charge in [0.1, 0.15) is 18.3 Å². The van der Waals surface area contributed by atoms with Crippen LogP contribution in [-0.2, 0) is 14.3 Å². The summed E-state index contributed by atoms with van der Waals surface area (Å²) in [5, 5.41) is 9.96. The van der Waals surface area contributed by atoms with Gasteiger partial charge in [-0.2, -0.15) is 0 Å². The van der Waals surface area contributed by atoms with Crippen molar-refractivity contribution in [3.8, 4) is 5.75 Å². The summed E-state index contributed by atoms with van der Waals surface area (Å²) >= 11 is 6.21. The minimum atomic E-state index is -1.10. The molecular formula is C23H20ClNO5. The second kappa shape index (κ2) is 9.89. The smallest absolute Gasteiger partial charge is 0.336 e. The van der Waals surface area contributed by atoms with Crippen molar-refractivity contribution in [1.82, 2.24) is 0 Å². The number of methoxy groups -OCH3 is 1. The molecule has 7 heteroatoms. The van der Waals surface area contributed by atoms with Gasteiger partial charge in [0.2, 0.25) is 0 Å². The van der Waals surface area contributed by atoms with Gasteiger partial charge in [-0.25, -0.2) is 4.79 Å². The Hall–Kier alpha value is -3.38. The molecule has 154 valence electrons. The molecule has 2 aromatic rings. The monoisotopic (exact) mass is 425 g/mol. The SMILES string of the molecule is COc1ccc(C2C(C(=O)OC/C=C/c3ccccc3)=CN=CC2C(=O)O)cc1Cl. The fraction of sp³-hybridized carbons (Fsp3) is 0.174. The molecule has 0 amide bonds. The zero-order valence-corrected chi connectivity index (χ0v) is 17.0. The maximum atomic E-state index is 12.7. The molecule has 0 spiro atoms. The van der Waals surface area contributed by atoms with E-state index in [1.807, 2.05) is 36.4 Å². The number of carbonyl (C=O) groups is 2. The standard InChI is InChI=1S/C23H20ClNO5/c1-29-20-10-9-16(12-19(20)24)21-17(22(26)27)13-25-14-18(21)23(28)30-11-5-8-15-6-3-2-4-7-15/h2-10,12-14,17,21H,11H2,1H3,(H,26,27)/b8-5+. The number of nitrogens with zero attached hydrogens (tertiary/aromatic N) is 1. The van der Waals surface area contributed by atoms with Crippen molar-refractivity contribution in [3.05, 3.63) is 82.5 Å². The van der Waals surface area contributed by atoms with E-state index in [-0.39, 0.29) is 12.2 Å². The van der Waals surface area contributed by atoms with Crippen LogP contribution in [0.15, 0.2) is 71.4 Å². The quantitative estimate of drug-likeness (QED) is 0.666. The normalized spacial score (nSPS) is 18.1. The molecule has 0 fully saturated rings. The molecular weight excluding hydrogens is 406 g/mol. The average molecular weight is 426 g/mol. The van der Waals surface area contributed by atoms with Gasteiger partial charge < -0.3 is 14.6 Å². The van der Waals surface area contributed by atoms with E-state index in [4.69, 9.17) is 21.1 Å². The van der Waals surface area contributed by atoms with E-state index in [0.29, 0.717) is 16.3 Å². The van der Waals surface area contributed by atoms with Crippen molar-refractivity contribution in [2.75, 3.05) is 13.7 Å². The first-order valence-electron chi connectivity index (χ1n) is 9.19. The third-order valence-electron chi connectivity index (χ3n) is 4.63. The molecule has 2 unspecified atom stereocenters. The lowest BCUT2D eigenvalue weighted by Crippen LogP contribution is -2.30. The summed E-state index contributed by atoms with van der Waals surface area (Å²) in [5.41, 5.74) is 1.69. The van der Waals surface area contributed by atoms with E-state index >= 15 is 0 Å². The molecule has 0 aromatic heterocycles. The van der Waals surface area contributed by atoms with E-state index in [2.05, 4.69) is 4.99 Å². The van der Waals surface area contributed by atoms with Gasteiger partial charge in [-0.3, -0.25) is 9.79 Å². The number of carboxylic acid groups (broad SMARTS) is 1. The van der Waals surface area contributed by atoms with Gasteiger partial charge in [-0.1, -0.05) is 54.1 Å². The molecule has 30 heavy (non-hydrogen) atoms. The number of aliphatic imine (C=N–C) groups is 1. The molecule has 0 saturated carbocycles. The highest BCUT2D eigenvalue weighted by molar-refractivity contribution is 6.32. The van der Waals surface area contributed by atoms with Crippen molar-refractivity contribution in [2.45, 2.75) is 5.92 Å². The summed E-state index contributed by atoms with van der Waals surface area (Å²) in [6, 6.07) is 14.5. The number of ether oxygens (including phenoxy) is 2. The number of aliphatic carboxylic acids is 1. The molecule has 1 aliphatic rings.